The van der Waals surface area contributed by atoms with Crippen LogP contribution >= 0.6 is 11.8 Å². The Morgan fingerprint density at radius 2 is 1.83 bits per heavy atom. The molecule has 2 saturated heterocycles. The lowest BCUT2D eigenvalue weighted by atomic mass is 10.0. The van der Waals surface area contributed by atoms with Crippen molar-refractivity contribution in [3.05, 3.63) is 35.6 Å². The van der Waals surface area contributed by atoms with E-state index in [0.29, 0.717) is 25.9 Å². The topological polar surface area (TPSA) is 57.7 Å². The van der Waals surface area contributed by atoms with Crippen LogP contribution in [0, 0.1) is 5.82 Å². The van der Waals surface area contributed by atoms with Gasteiger partial charge in [0, 0.05) is 19.1 Å². The Bertz CT molecular complexity index is 611. The van der Waals surface area contributed by atoms with E-state index in [1.807, 2.05) is 0 Å². The van der Waals surface area contributed by atoms with E-state index in [1.54, 1.807) is 17.0 Å². The number of halogens is 1. The predicted octanol–water partition coefficient (Wildman–Crippen LogP) is 2.05. The summed E-state index contributed by atoms with van der Waals surface area (Å²) in [6.45, 7) is 1.07. The summed E-state index contributed by atoms with van der Waals surface area (Å²) in [5.74, 6) is -0.234. The zero-order valence-electron chi connectivity index (χ0n) is 12.5. The first kappa shape index (κ1) is 16.0. The number of likely N-dealkylation sites (tertiary alicyclic amines) is 1. The van der Waals surface area contributed by atoms with E-state index in [9.17, 15) is 18.8 Å². The third-order valence-electron chi connectivity index (χ3n) is 4.24. The molecule has 2 aliphatic rings. The molecule has 0 saturated carbocycles. The highest BCUT2D eigenvalue weighted by Crippen LogP contribution is 2.26. The van der Waals surface area contributed by atoms with Gasteiger partial charge in [0.2, 0.25) is 11.8 Å². The summed E-state index contributed by atoms with van der Waals surface area (Å²) in [4.78, 5) is 38.9. The minimum atomic E-state index is -0.320. The van der Waals surface area contributed by atoms with Crippen LogP contribution in [0.5, 0.6) is 0 Å². The number of imide groups is 1. The summed E-state index contributed by atoms with van der Waals surface area (Å²) < 4.78 is 12.9. The summed E-state index contributed by atoms with van der Waals surface area (Å²) in [5, 5.41) is -0.175. The Morgan fingerprint density at radius 1 is 1.17 bits per heavy atom. The minimum absolute atomic E-state index is 0.0106. The van der Waals surface area contributed by atoms with Gasteiger partial charge in [-0.15, -0.1) is 0 Å². The van der Waals surface area contributed by atoms with Crippen molar-refractivity contribution in [3.8, 4) is 0 Å². The second-order valence-electron chi connectivity index (χ2n) is 5.73. The summed E-state index contributed by atoms with van der Waals surface area (Å²) >= 11 is 1.04. The van der Waals surface area contributed by atoms with Gasteiger partial charge in [-0.2, -0.15) is 0 Å². The first-order valence-corrected chi connectivity index (χ1v) is 8.54. The fraction of sp³-hybridized carbons (Fsp3) is 0.438. The van der Waals surface area contributed by atoms with Crippen LogP contribution in [0.3, 0.4) is 0 Å². The fourth-order valence-electron chi connectivity index (χ4n) is 2.98. The van der Waals surface area contributed by atoms with Crippen LogP contribution in [-0.4, -0.2) is 51.7 Å². The number of benzene rings is 1. The Kier molecular flexibility index (Phi) is 4.66. The molecular formula is C16H17FN2O3S. The van der Waals surface area contributed by atoms with Crippen LogP contribution in [0.15, 0.2) is 24.3 Å². The predicted molar refractivity (Wildman–Crippen MR) is 84.4 cm³/mol. The molecule has 0 atom stereocenters. The molecule has 2 fully saturated rings. The van der Waals surface area contributed by atoms with Gasteiger partial charge >= 0.3 is 0 Å². The molecule has 1 aromatic rings. The molecule has 2 heterocycles. The molecule has 23 heavy (non-hydrogen) atoms. The van der Waals surface area contributed by atoms with E-state index in [2.05, 4.69) is 0 Å². The maximum Gasteiger partial charge on any atom is 0.289 e. The lowest BCUT2D eigenvalue weighted by Crippen LogP contribution is -2.48. The molecule has 1 aromatic carbocycles. The van der Waals surface area contributed by atoms with Gasteiger partial charge in [0.05, 0.1) is 12.2 Å². The van der Waals surface area contributed by atoms with E-state index in [-0.39, 0.29) is 41.1 Å². The lowest BCUT2D eigenvalue weighted by Gasteiger charge is -2.35. The van der Waals surface area contributed by atoms with Gasteiger partial charge in [-0.1, -0.05) is 23.9 Å². The first-order valence-electron chi connectivity index (χ1n) is 7.55. The standard InChI is InChI=1S/C16H17FN2O3S/c17-12-3-1-11(2-4-12)9-14(20)18-7-5-13(6-8-18)19-15(21)10-23-16(19)22/h1-4,13H,5-10H2. The molecule has 0 spiro atoms. The normalized spacial score (nSPS) is 19.5. The molecule has 0 N–H and O–H groups in total. The van der Waals surface area contributed by atoms with Crippen LogP contribution in [0.4, 0.5) is 9.18 Å². The van der Waals surface area contributed by atoms with Crippen LogP contribution in [0.2, 0.25) is 0 Å². The molecular weight excluding hydrogens is 319 g/mol. The molecule has 2 aliphatic heterocycles. The van der Waals surface area contributed by atoms with Crippen molar-refractivity contribution in [2.45, 2.75) is 25.3 Å². The van der Waals surface area contributed by atoms with E-state index >= 15 is 0 Å². The van der Waals surface area contributed by atoms with Gasteiger partial charge in [0.15, 0.2) is 0 Å². The number of piperidine rings is 1. The maximum atomic E-state index is 12.9. The summed E-state index contributed by atoms with van der Waals surface area (Å²) in [6, 6.07) is 5.81. The monoisotopic (exact) mass is 336 g/mol. The first-order chi connectivity index (χ1) is 11.0. The maximum absolute atomic E-state index is 12.9. The second kappa shape index (κ2) is 6.70. The number of thioether (sulfide) groups is 1. The van der Waals surface area contributed by atoms with Gasteiger partial charge in [-0.05, 0) is 30.5 Å². The van der Waals surface area contributed by atoms with Crippen molar-refractivity contribution in [2.24, 2.45) is 0 Å². The third kappa shape index (κ3) is 3.55. The molecule has 0 bridgehead atoms. The van der Waals surface area contributed by atoms with Gasteiger partial charge < -0.3 is 4.90 Å². The van der Waals surface area contributed by atoms with Gasteiger partial charge in [0.1, 0.15) is 5.82 Å². The molecule has 0 aromatic heterocycles. The second-order valence-corrected chi connectivity index (χ2v) is 6.66. The Balaban J connectivity index is 1.54. The van der Waals surface area contributed by atoms with E-state index in [4.69, 9.17) is 0 Å². The number of nitrogens with zero attached hydrogens (tertiary/aromatic N) is 2. The SMILES string of the molecule is O=C(Cc1ccc(F)cc1)N1CCC(N2C(=O)CSC2=O)CC1. The zero-order chi connectivity index (χ0) is 16.4. The molecule has 7 heteroatoms. The number of amides is 3. The number of rotatable bonds is 3. The Hall–Kier alpha value is -1.89. The van der Waals surface area contributed by atoms with Crippen molar-refractivity contribution < 1.29 is 18.8 Å². The van der Waals surface area contributed by atoms with Crippen molar-refractivity contribution in [1.82, 2.24) is 9.80 Å². The summed E-state index contributed by atoms with van der Waals surface area (Å²) in [6.07, 6.45) is 1.47. The van der Waals surface area contributed by atoms with Crippen LogP contribution in [0.25, 0.3) is 0 Å². The Labute approximate surface area is 137 Å². The molecule has 0 unspecified atom stereocenters. The Morgan fingerprint density at radius 3 is 2.39 bits per heavy atom. The molecule has 0 aliphatic carbocycles. The molecule has 5 nitrogen and oxygen atoms in total. The number of hydrogen-bond acceptors (Lipinski definition) is 4. The number of hydrogen-bond donors (Lipinski definition) is 0. The van der Waals surface area contributed by atoms with E-state index < -0.39 is 0 Å². The largest absolute Gasteiger partial charge is 0.342 e. The van der Waals surface area contributed by atoms with E-state index in [1.165, 1.54) is 17.0 Å². The van der Waals surface area contributed by atoms with Crippen molar-refractivity contribution in [1.29, 1.82) is 0 Å². The third-order valence-corrected chi connectivity index (χ3v) is 5.07. The average molecular weight is 336 g/mol. The minimum Gasteiger partial charge on any atom is -0.342 e. The number of carbonyl (C=O) groups is 3. The van der Waals surface area contributed by atoms with E-state index in [0.717, 1.165) is 17.3 Å². The van der Waals surface area contributed by atoms with Crippen molar-refractivity contribution in [3.63, 3.8) is 0 Å². The number of carbonyl (C=O) groups excluding carboxylic acids is 3. The molecule has 0 radical (unpaired) electrons. The van der Waals surface area contributed by atoms with Gasteiger partial charge in [-0.3, -0.25) is 19.3 Å². The molecule has 122 valence electrons. The van der Waals surface area contributed by atoms with Crippen molar-refractivity contribution >= 4 is 28.8 Å². The molecule has 3 amide bonds. The quantitative estimate of drug-likeness (QED) is 0.848. The lowest BCUT2D eigenvalue weighted by molar-refractivity contribution is -0.132. The fourth-order valence-corrected chi connectivity index (χ4v) is 3.76. The molecule has 3 rings (SSSR count). The highest BCUT2D eigenvalue weighted by Gasteiger charge is 2.37. The zero-order valence-corrected chi connectivity index (χ0v) is 13.4. The smallest absolute Gasteiger partial charge is 0.289 e. The van der Waals surface area contributed by atoms with Crippen LogP contribution < -0.4 is 0 Å². The van der Waals surface area contributed by atoms with Gasteiger partial charge in [0.25, 0.3) is 5.24 Å². The summed E-state index contributed by atoms with van der Waals surface area (Å²) in [7, 11) is 0. The van der Waals surface area contributed by atoms with Gasteiger partial charge in [-0.25, -0.2) is 4.39 Å². The highest BCUT2D eigenvalue weighted by molar-refractivity contribution is 8.14. The van der Waals surface area contributed by atoms with Crippen molar-refractivity contribution in [2.75, 3.05) is 18.8 Å². The van der Waals surface area contributed by atoms with Crippen LogP contribution in [0.1, 0.15) is 18.4 Å². The average Bonchev–Trinajstić information content (AvgIpc) is 2.88. The summed E-state index contributed by atoms with van der Waals surface area (Å²) in [5.41, 5.74) is 0.778. The highest BCUT2D eigenvalue weighted by atomic mass is 32.2. The van der Waals surface area contributed by atoms with Crippen LogP contribution in [-0.2, 0) is 16.0 Å².